The van der Waals surface area contributed by atoms with Crippen LogP contribution >= 0.6 is 11.3 Å². The summed E-state index contributed by atoms with van der Waals surface area (Å²) in [5.41, 5.74) is 6.56. The molecule has 0 aliphatic heterocycles. The zero-order chi connectivity index (χ0) is 13.8. The van der Waals surface area contributed by atoms with E-state index in [1.807, 2.05) is 13.1 Å². The predicted molar refractivity (Wildman–Crippen MR) is 76.0 cm³/mol. The highest BCUT2D eigenvalue weighted by molar-refractivity contribution is 7.11. The highest BCUT2D eigenvalue weighted by Crippen LogP contribution is 2.21. The number of carbonyl (C=O) groups excluding carboxylic acids is 1. The van der Waals surface area contributed by atoms with Gasteiger partial charge < -0.3 is 11.1 Å². The van der Waals surface area contributed by atoms with E-state index in [0.717, 1.165) is 11.4 Å². The normalized spacial score (nSPS) is 12.1. The standard InChI is InChI=1S/C13H16N4OS/c1-3-9-6-16-13(19-9)8(2)17-12(18)10-7-15-5-4-11(10)14/h4-8H,3H2,1-2H3,(H2,14,15)(H,17,18). The molecule has 1 unspecified atom stereocenters. The Morgan fingerprint density at radius 1 is 1.53 bits per heavy atom. The highest BCUT2D eigenvalue weighted by Gasteiger charge is 2.16. The van der Waals surface area contributed by atoms with Gasteiger partial charge in [0.05, 0.1) is 11.6 Å². The summed E-state index contributed by atoms with van der Waals surface area (Å²) in [7, 11) is 0. The highest BCUT2D eigenvalue weighted by atomic mass is 32.1. The first-order valence-corrected chi connectivity index (χ1v) is 6.88. The molecule has 19 heavy (non-hydrogen) atoms. The van der Waals surface area contributed by atoms with Crippen LogP contribution in [0, 0.1) is 0 Å². The molecule has 5 nitrogen and oxygen atoms in total. The van der Waals surface area contributed by atoms with E-state index in [9.17, 15) is 4.79 Å². The van der Waals surface area contributed by atoms with E-state index in [0.29, 0.717) is 11.3 Å². The fourth-order valence-corrected chi connectivity index (χ4v) is 2.48. The largest absolute Gasteiger partial charge is 0.398 e. The van der Waals surface area contributed by atoms with Gasteiger partial charge in [0.1, 0.15) is 5.01 Å². The zero-order valence-corrected chi connectivity index (χ0v) is 11.7. The Labute approximate surface area is 115 Å². The van der Waals surface area contributed by atoms with Gasteiger partial charge >= 0.3 is 0 Å². The van der Waals surface area contributed by atoms with Crippen molar-refractivity contribution in [3.8, 4) is 0 Å². The lowest BCUT2D eigenvalue weighted by molar-refractivity contribution is 0.0940. The van der Waals surface area contributed by atoms with Crippen LogP contribution in [0.5, 0.6) is 0 Å². The van der Waals surface area contributed by atoms with Crippen molar-refractivity contribution in [3.05, 3.63) is 40.1 Å². The number of aromatic nitrogens is 2. The molecule has 0 fully saturated rings. The van der Waals surface area contributed by atoms with Gasteiger partial charge in [-0.05, 0) is 19.4 Å². The lowest BCUT2D eigenvalue weighted by atomic mass is 10.2. The molecule has 1 amide bonds. The first kappa shape index (κ1) is 13.5. The van der Waals surface area contributed by atoms with Crippen LogP contribution in [0.15, 0.2) is 24.7 Å². The molecule has 0 bridgehead atoms. The molecule has 0 aliphatic carbocycles. The van der Waals surface area contributed by atoms with E-state index < -0.39 is 0 Å². The Morgan fingerprint density at radius 2 is 2.32 bits per heavy atom. The van der Waals surface area contributed by atoms with Crippen LogP contribution in [0.1, 0.15) is 40.1 Å². The molecule has 0 radical (unpaired) electrons. The van der Waals surface area contributed by atoms with Crippen molar-refractivity contribution < 1.29 is 4.79 Å². The number of anilines is 1. The second-order valence-electron chi connectivity index (χ2n) is 4.18. The molecular formula is C13H16N4OS. The fourth-order valence-electron chi connectivity index (χ4n) is 1.62. The third-order valence-electron chi connectivity index (χ3n) is 2.74. The third kappa shape index (κ3) is 3.08. The number of hydrogen-bond donors (Lipinski definition) is 2. The Bertz CT molecular complexity index is 582. The summed E-state index contributed by atoms with van der Waals surface area (Å²) in [6, 6.07) is 1.47. The number of amides is 1. The maximum atomic E-state index is 12.1. The van der Waals surface area contributed by atoms with Gasteiger partial charge in [-0.1, -0.05) is 6.92 Å². The van der Waals surface area contributed by atoms with Crippen LogP contribution in [0.2, 0.25) is 0 Å². The molecule has 6 heteroatoms. The van der Waals surface area contributed by atoms with Crippen LogP contribution in [-0.4, -0.2) is 15.9 Å². The second-order valence-corrected chi connectivity index (χ2v) is 5.32. The number of nitrogens with zero attached hydrogens (tertiary/aromatic N) is 2. The van der Waals surface area contributed by atoms with Gasteiger partial charge in [-0.3, -0.25) is 9.78 Å². The third-order valence-corrected chi connectivity index (χ3v) is 4.06. The quantitative estimate of drug-likeness (QED) is 0.896. The van der Waals surface area contributed by atoms with Crippen molar-refractivity contribution in [2.45, 2.75) is 26.3 Å². The number of pyridine rings is 1. The summed E-state index contributed by atoms with van der Waals surface area (Å²) < 4.78 is 0. The maximum Gasteiger partial charge on any atom is 0.255 e. The smallest absolute Gasteiger partial charge is 0.255 e. The first-order valence-electron chi connectivity index (χ1n) is 6.06. The molecule has 100 valence electrons. The van der Waals surface area contributed by atoms with Crippen LogP contribution in [0.4, 0.5) is 5.69 Å². The Morgan fingerprint density at radius 3 is 2.95 bits per heavy atom. The number of carbonyl (C=O) groups is 1. The molecule has 0 saturated carbocycles. The fraction of sp³-hybridized carbons (Fsp3) is 0.308. The summed E-state index contributed by atoms with van der Waals surface area (Å²) in [4.78, 5) is 21.5. The summed E-state index contributed by atoms with van der Waals surface area (Å²) in [5.74, 6) is -0.230. The minimum atomic E-state index is -0.230. The number of hydrogen-bond acceptors (Lipinski definition) is 5. The van der Waals surface area contributed by atoms with E-state index in [4.69, 9.17) is 5.73 Å². The average Bonchev–Trinajstić information content (AvgIpc) is 2.88. The Hall–Kier alpha value is -1.95. The summed E-state index contributed by atoms with van der Waals surface area (Å²) >= 11 is 1.61. The molecule has 2 aromatic rings. The van der Waals surface area contributed by atoms with E-state index in [-0.39, 0.29) is 11.9 Å². The molecule has 0 aliphatic rings. The van der Waals surface area contributed by atoms with E-state index in [2.05, 4.69) is 22.2 Å². The molecule has 3 N–H and O–H groups in total. The lowest BCUT2D eigenvalue weighted by Gasteiger charge is -2.12. The maximum absolute atomic E-state index is 12.1. The summed E-state index contributed by atoms with van der Waals surface area (Å²) in [6.45, 7) is 3.99. The van der Waals surface area contributed by atoms with Gasteiger partial charge in [0.2, 0.25) is 0 Å². The van der Waals surface area contributed by atoms with Gasteiger partial charge in [-0.15, -0.1) is 11.3 Å². The van der Waals surface area contributed by atoms with E-state index >= 15 is 0 Å². The van der Waals surface area contributed by atoms with E-state index in [1.165, 1.54) is 11.1 Å². The molecular weight excluding hydrogens is 260 g/mol. The van der Waals surface area contributed by atoms with Crippen molar-refractivity contribution in [2.75, 3.05) is 5.73 Å². The van der Waals surface area contributed by atoms with Crippen LogP contribution in [-0.2, 0) is 6.42 Å². The monoisotopic (exact) mass is 276 g/mol. The molecule has 0 aromatic carbocycles. The van der Waals surface area contributed by atoms with Crippen molar-refractivity contribution in [1.82, 2.24) is 15.3 Å². The van der Waals surface area contributed by atoms with Crippen LogP contribution in [0.3, 0.4) is 0 Å². The minimum absolute atomic E-state index is 0.141. The van der Waals surface area contributed by atoms with Crippen LogP contribution in [0.25, 0.3) is 0 Å². The number of rotatable bonds is 4. The summed E-state index contributed by atoms with van der Waals surface area (Å²) in [6.07, 6.45) is 5.83. The van der Waals surface area contributed by atoms with Gasteiger partial charge in [0.15, 0.2) is 0 Å². The molecule has 0 spiro atoms. The van der Waals surface area contributed by atoms with Crippen molar-refractivity contribution in [1.29, 1.82) is 0 Å². The lowest BCUT2D eigenvalue weighted by Crippen LogP contribution is -2.27. The Kier molecular flexibility index (Phi) is 4.11. The number of aryl methyl sites for hydroxylation is 1. The van der Waals surface area contributed by atoms with Gasteiger partial charge in [0, 0.05) is 29.2 Å². The van der Waals surface area contributed by atoms with E-state index in [1.54, 1.807) is 23.6 Å². The van der Waals surface area contributed by atoms with Gasteiger partial charge in [-0.2, -0.15) is 0 Å². The molecule has 1 atom stereocenters. The zero-order valence-electron chi connectivity index (χ0n) is 10.9. The van der Waals surface area contributed by atoms with Crippen molar-refractivity contribution in [3.63, 3.8) is 0 Å². The Balaban J connectivity index is 2.08. The molecule has 2 heterocycles. The SMILES string of the molecule is CCc1cnc(C(C)NC(=O)c2cnccc2N)s1. The molecule has 0 saturated heterocycles. The summed E-state index contributed by atoms with van der Waals surface area (Å²) in [5, 5.41) is 3.78. The average molecular weight is 276 g/mol. The predicted octanol–water partition coefficient (Wildman–Crippen LogP) is 2.17. The second kappa shape index (κ2) is 5.79. The number of nitrogens with two attached hydrogens (primary N) is 1. The van der Waals surface area contributed by atoms with Crippen LogP contribution < -0.4 is 11.1 Å². The first-order chi connectivity index (χ1) is 9.11. The topological polar surface area (TPSA) is 80.9 Å². The number of nitrogens with one attached hydrogen (secondary N) is 1. The van der Waals surface area contributed by atoms with Crippen molar-refractivity contribution >= 4 is 22.9 Å². The molecule has 2 aromatic heterocycles. The number of nitrogen functional groups attached to an aromatic ring is 1. The minimum Gasteiger partial charge on any atom is -0.398 e. The van der Waals surface area contributed by atoms with Gasteiger partial charge in [-0.25, -0.2) is 4.98 Å². The molecule has 2 rings (SSSR count). The van der Waals surface area contributed by atoms with Crippen molar-refractivity contribution in [2.24, 2.45) is 0 Å². The van der Waals surface area contributed by atoms with Gasteiger partial charge in [0.25, 0.3) is 5.91 Å². The number of thiazole rings is 1.